The maximum atomic E-state index is 13.8. The molecular weight excluding hydrogens is 365 g/mol. The minimum atomic E-state index is -0.522. The zero-order chi connectivity index (χ0) is 19.7. The Morgan fingerprint density at radius 3 is 2.68 bits per heavy atom. The molecule has 0 saturated carbocycles. The van der Waals surface area contributed by atoms with E-state index in [1.807, 2.05) is 0 Å². The van der Waals surface area contributed by atoms with Gasteiger partial charge in [-0.3, -0.25) is 4.79 Å². The number of carbonyl (C=O) groups is 1. The Balaban J connectivity index is 1.41. The van der Waals surface area contributed by atoms with E-state index in [1.165, 1.54) is 17.0 Å². The lowest BCUT2D eigenvalue weighted by atomic mass is 10.0. The summed E-state index contributed by atoms with van der Waals surface area (Å²) < 4.78 is 25.6. The second-order valence-corrected chi connectivity index (χ2v) is 6.89. The van der Waals surface area contributed by atoms with E-state index in [4.69, 9.17) is 8.83 Å². The Morgan fingerprint density at radius 1 is 1.25 bits per heavy atom. The van der Waals surface area contributed by atoms with Crippen molar-refractivity contribution in [2.24, 2.45) is 0 Å². The molecule has 0 spiro atoms. The van der Waals surface area contributed by atoms with Crippen LogP contribution in [0.5, 0.6) is 0 Å². The molecule has 1 aliphatic heterocycles. The summed E-state index contributed by atoms with van der Waals surface area (Å²) in [6.07, 6.45) is 2.72. The summed E-state index contributed by atoms with van der Waals surface area (Å²) in [7, 11) is 0. The molecule has 1 aliphatic rings. The van der Waals surface area contributed by atoms with Crippen molar-refractivity contribution in [1.29, 1.82) is 0 Å². The van der Waals surface area contributed by atoms with Crippen LogP contribution in [0.25, 0.3) is 11.5 Å². The number of hydrogen-bond acceptors (Lipinski definition) is 5. The number of likely N-dealkylation sites (tertiary alicyclic amines) is 1. The molecule has 0 aliphatic carbocycles. The van der Waals surface area contributed by atoms with Gasteiger partial charge in [0, 0.05) is 13.1 Å². The fourth-order valence-electron chi connectivity index (χ4n) is 3.51. The van der Waals surface area contributed by atoms with E-state index in [-0.39, 0.29) is 30.1 Å². The van der Waals surface area contributed by atoms with Gasteiger partial charge in [0.2, 0.25) is 5.91 Å². The van der Waals surface area contributed by atoms with Crippen LogP contribution in [0, 0.1) is 12.7 Å². The molecule has 0 unspecified atom stereocenters. The van der Waals surface area contributed by atoms with Gasteiger partial charge in [-0.1, -0.05) is 18.2 Å². The second-order valence-electron chi connectivity index (χ2n) is 6.89. The van der Waals surface area contributed by atoms with E-state index in [0.717, 1.165) is 0 Å². The van der Waals surface area contributed by atoms with Crippen molar-refractivity contribution < 1.29 is 18.0 Å². The van der Waals surface area contributed by atoms with Crippen LogP contribution < -0.4 is 5.76 Å². The molecule has 8 heteroatoms. The summed E-state index contributed by atoms with van der Waals surface area (Å²) >= 11 is 0. The number of halogens is 1. The molecule has 1 saturated heterocycles. The van der Waals surface area contributed by atoms with E-state index in [0.29, 0.717) is 42.8 Å². The summed E-state index contributed by atoms with van der Waals surface area (Å²) in [4.78, 5) is 26.4. The largest absolute Gasteiger partial charge is 0.469 e. The lowest BCUT2D eigenvalue weighted by Crippen LogP contribution is -2.41. The zero-order valence-corrected chi connectivity index (χ0v) is 15.4. The first-order valence-corrected chi connectivity index (χ1v) is 9.18. The van der Waals surface area contributed by atoms with Crippen molar-refractivity contribution in [3.8, 4) is 11.5 Å². The van der Waals surface area contributed by atoms with Gasteiger partial charge in [-0.25, -0.2) is 9.18 Å². The molecule has 1 fully saturated rings. The Morgan fingerprint density at radius 2 is 2.00 bits per heavy atom. The molecule has 4 rings (SSSR count). The number of aryl methyl sites for hydroxylation is 1. The standard InChI is InChI=1S/C20H20FN3O4/c1-13-16(8-11-27-13)19-22-24(20(26)28-19)15-6-9-23(10-7-15)18(25)12-14-4-2-3-5-17(14)21/h2-5,8,11,15H,6-7,9-10,12H2,1H3. The predicted molar refractivity (Wildman–Crippen MR) is 98.2 cm³/mol. The van der Waals surface area contributed by atoms with Crippen molar-refractivity contribution >= 4 is 5.91 Å². The third-order valence-electron chi connectivity index (χ3n) is 5.12. The topological polar surface area (TPSA) is 81.5 Å². The molecule has 2 aromatic heterocycles. The predicted octanol–water partition coefficient (Wildman–Crippen LogP) is 2.95. The van der Waals surface area contributed by atoms with E-state index in [1.54, 1.807) is 36.1 Å². The molecule has 0 radical (unpaired) electrons. The molecule has 146 valence electrons. The van der Waals surface area contributed by atoms with Crippen molar-refractivity contribution in [2.45, 2.75) is 32.2 Å². The van der Waals surface area contributed by atoms with Crippen LogP contribution >= 0.6 is 0 Å². The van der Waals surface area contributed by atoms with Crippen LogP contribution in [0.1, 0.15) is 30.2 Å². The number of furan rings is 1. The minimum absolute atomic E-state index is 0.0329. The normalized spacial score (nSPS) is 15.1. The molecule has 0 atom stereocenters. The first-order chi connectivity index (χ1) is 13.5. The Bertz CT molecular complexity index is 1040. The van der Waals surface area contributed by atoms with Gasteiger partial charge in [-0.15, -0.1) is 5.10 Å². The van der Waals surface area contributed by atoms with Gasteiger partial charge in [0.15, 0.2) is 0 Å². The van der Waals surface area contributed by atoms with E-state index in [2.05, 4.69) is 5.10 Å². The van der Waals surface area contributed by atoms with Gasteiger partial charge in [-0.2, -0.15) is 4.68 Å². The smallest absolute Gasteiger partial charge is 0.437 e. The quantitative estimate of drug-likeness (QED) is 0.690. The number of piperidine rings is 1. The highest BCUT2D eigenvalue weighted by molar-refractivity contribution is 5.78. The number of benzene rings is 1. The van der Waals surface area contributed by atoms with Crippen molar-refractivity contribution in [1.82, 2.24) is 14.7 Å². The Kier molecular flexibility index (Phi) is 4.85. The van der Waals surface area contributed by atoms with Crippen molar-refractivity contribution in [2.75, 3.05) is 13.1 Å². The average molecular weight is 385 g/mol. The van der Waals surface area contributed by atoms with Gasteiger partial charge < -0.3 is 13.7 Å². The fourth-order valence-corrected chi connectivity index (χ4v) is 3.51. The average Bonchev–Trinajstić information content (AvgIpc) is 3.29. The molecular formula is C20H20FN3O4. The molecule has 3 heterocycles. The highest BCUT2D eigenvalue weighted by Gasteiger charge is 2.27. The van der Waals surface area contributed by atoms with Gasteiger partial charge in [0.25, 0.3) is 5.89 Å². The van der Waals surface area contributed by atoms with Crippen LogP contribution in [0.4, 0.5) is 4.39 Å². The third kappa shape index (κ3) is 3.49. The van der Waals surface area contributed by atoms with Gasteiger partial charge in [-0.05, 0) is 37.5 Å². The Hall–Kier alpha value is -3.16. The van der Waals surface area contributed by atoms with Crippen LogP contribution in [-0.2, 0) is 11.2 Å². The highest BCUT2D eigenvalue weighted by Crippen LogP contribution is 2.25. The molecule has 3 aromatic rings. The minimum Gasteiger partial charge on any atom is -0.469 e. The van der Waals surface area contributed by atoms with Gasteiger partial charge in [0.05, 0.1) is 24.3 Å². The number of amides is 1. The number of aromatic nitrogens is 2. The number of hydrogen-bond donors (Lipinski definition) is 0. The number of carbonyl (C=O) groups excluding carboxylic acids is 1. The zero-order valence-electron chi connectivity index (χ0n) is 15.4. The second kappa shape index (κ2) is 7.46. The van der Waals surface area contributed by atoms with Crippen LogP contribution in [-0.4, -0.2) is 33.7 Å². The summed E-state index contributed by atoms with van der Waals surface area (Å²) in [6.45, 7) is 2.74. The summed E-state index contributed by atoms with van der Waals surface area (Å²) in [6, 6.07) is 7.85. The lowest BCUT2D eigenvalue weighted by molar-refractivity contribution is -0.131. The number of rotatable bonds is 4. The SMILES string of the molecule is Cc1occc1-c1nn(C2CCN(C(=O)Cc3ccccc3F)CC2)c(=O)o1. The van der Waals surface area contributed by atoms with Crippen molar-refractivity contribution in [3.63, 3.8) is 0 Å². The third-order valence-corrected chi connectivity index (χ3v) is 5.12. The lowest BCUT2D eigenvalue weighted by Gasteiger charge is -2.31. The molecule has 0 bridgehead atoms. The summed E-state index contributed by atoms with van der Waals surface area (Å²) in [5.74, 6) is -0.157. The molecule has 28 heavy (non-hydrogen) atoms. The first-order valence-electron chi connectivity index (χ1n) is 9.18. The monoisotopic (exact) mass is 385 g/mol. The van der Waals surface area contributed by atoms with Crippen molar-refractivity contribution in [3.05, 3.63) is 64.3 Å². The van der Waals surface area contributed by atoms with E-state index < -0.39 is 5.76 Å². The van der Waals surface area contributed by atoms with E-state index in [9.17, 15) is 14.0 Å². The fraction of sp³-hybridized carbons (Fsp3) is 0.350. The molecule has 7 nitrogen and oxygen atoms in total. The summed E-state index contributed by atoms with van der Waals surface area (Å²) in [5.41, 5.74) is 1.04. The van der Waals surface area contributed by atoms with Gasteiger partial charge in [0.1, 0.15) is 11.6 Å². The molecule has 1 aromatic carbocycles. The maximum absolute atomic E-state index is 13.8. The van der Waals surface area contributed by atoms with Crippen LogP contribution in [0.3, 0.4) is 0 Å². The Labute approximate surface area is 160 Å². The first kappa shape index (κ1) is 18.2. The van der Waals surface area contributed by atoms with Crippen LogP contribution in [0.15, 0.2) is 50.2 Å². The maximum Gasteiger partial charge on any atom is 0.437 e. The van der Waals surface area contributed by atoms with Gasteiger partial charge >= 0.3 is 5.76 Å². The van der Waals surface area contributed by atoms with E-state index >= 15 is 0 Å². The summed E-state index contributed by atoms with van der Waals surface area (Å²) in [5, 5.41) is 4.31. The number of nitrogens with zero attached hydrogens (tertiary/aromatic N) is 3. The van der Waals surface area contributed by atoms with Crippen LogP contribution in [0.2, 0.25) is 0 Å². The highest BCUT2D eigenvalue weighted by atomic mass is 19.1. The molecule has 0 N–H and O–H groups in total. The molecule has 1 amide bonds.